The SMILES string of the molecule is COc1ccc([C@@H]2CCCN2C(=O)c2ccccc2OC)cc1OC. The topological polar surface area (TPSA) is 48.0 Å². The number of para-hydroxylation sites is 1. The van der Waals surface area contributed by atoms with Crippen LogP contribution in [-0.4, -0.2) is 38.7 Å². The Kier molecular flexibility index (Phi) is 5.12. The van der Waals surface area contributed by atoms with E-state index in [-0.39, 0.29) is 11.9 Å². The van der Waals surface area contributed by atoms with Crippen LogP contribution >= 0.6 is 0 Å². The summed E-state index contributed by atoms with van der Waals surface area (Å²) < 4.78 is 16.1. The number of methoxy groups -OCH3 is 3. The molecule has 1 amide bonds. The van der Waals surface area contributed by atoms with E-state index in [4.69, 9.17) is 14.2 Å². The number of benzene rings is 2. The van der Waals surface area contributed by atoms with E-state index in [1.165, 1.54) is 0 Å². The summed E-state index contributed by atoms with van der Waals surface area (Å²) in [5.41, 5.74) is 1.65. The van der Waals surface area contributed by atoms with Crippen LogP contribution in [0.4, 0.5) is 0 Å². The smallest absolute Gasteiger partial charge is 0.258 e. The minimum Gasteiger partial charge on any atom is -0.496 e. The van der Waals surface area contributed by atoms with E-state index < -0.39 is 0 Å². The predicted octanol–water partition coefficient (Wildman–Crippen LogP) is 3.69. The molecule has 132 valence electrons. The number of amides is 1. The van der Waals surface area contributed by atoms with E-state index in [9.17, 15) is 4.79 Å². The number of carbonyl (C=O) groups excluding carboxylic acids is 1. The summed E-state index contributed by atoms with van der Waals surface area (Å²) in [6.07, 6.45) is 1.90. The van der Waals surface area contributed by atoms with Gasteiger partial charge in [0, 0.05) is 6.54 Å². The van der Waals surface area contributed by atoms with Gasteiger partial charge < -0.3 is 19.1 Å². The number of hydrogen-bond donors (Lipinski definition) is 0. The van der Waals surface area contributed by atoms with Crippen molar-refractivity contribution < 1.29 is 19.0 Å². The highest BCUT2D eigenvalue weighted by Gasteiger charge is 2.32. The summed E-state index contributed by atoms with van der Waals surface area (Å²) in [7, 11) is 4.82. The summed E-state index contributed by atoms with van der Waals surface area (Å²) in [6, 6.07) is 13.2. The zero-order chi connectivity index (χ0) is 17.8. The summed E-state index contributed by atoms with van der Waals surface area (Å²) in [5, 5.41) is 0. The third-order valence-corrected chi connectivity index (χ3v) is 4.64. The lowest BCUT2D eigenvalue weighted by Gasteiger charge is -2.26. The maximum absolute atomic E-state index is 13.1. The van der Waals surface area contributed by atoms with Crippen LogP contribution in [0.2, 0.25) is 0 Å². The lowest BCUT2D eigenvalue weighted by atomic mass is 10.0. The van der Waals surface area contributed by atoms with Gasteiger partial charge in [-0.1, -0.05) is 18.2 Å². The number of rotatable bonds is 5. The minimum atomic E-state index is -0.00488. The molecule has 1 heterocycles. The van der Waals surface area contributed by atoms with Crippen molar-refractivity contribution >= 4 is 5.91 Å². The van der Waals surface area contributed by atoms with Crippen molar-refractivity contribution in [3.8, 4) is 17.2 Å². The van der Waals surface area contributed by atoms with Gasteiger partial charge in [0.2, 0.25) is 0 Å². The molecule has 0 aromatic heterocycles. The highest BCUT2D eigenvalue weighted by molar-refractivity contribution is 5.97. The van der Waals surface area contributed by atoms with Gasteiger partial charge in [0.15, 0.2) is 11.5 Å². The second-order valence-corrected chi connectivity index (χ2v) is 5.97. The summed E-state index contributed by atoms with van der Waals surface area (Å²) in [5.74, 6) is 1.96. The molecule has 2 aromatic rings. The van der Waals surface area contributed by atoms with Gasteiger partial charge in [0.25, 0.3) is 5.91 Å². The van der Waals surface area contributed by atoms with E-state index in [2.05, 4.69) is 0 Å². The molecule has 0 aliphatic carbocycles. The highest BCUT2D eigenvalue weighted by atomic mass is 16.5. The number of nitrogens with zero attached hydrogens (tertiary/aromatic N) is 1. The molecule has 2 aromatic carbocycles. The average Bonchev–Trinajstić information content (AvgIpc) is 3.16. The third kappa shape index (κ3) is 3.27. The van der Waals surface area contributed by atoms with Gasteiger partial charge in [-0.05, 0) is 42.7 Å². The molecule has 1 saturated heterocycles. The van der Waals surface area contributed by atoms with E-state index in [1.54, 1.807) is 21.3 Å². The largest absolute Gasteiger partial charge is 0.496 e. The van der Waals surface area contributed by atoms with E-state index in [0.717, 1.165) is 24.9 Å². The molecule has 0 spiro atoms. The lowest BCUT2D eigenvalue weighted by Crippen LogP contribution is -2.30. The summed E-state index contributed by atoms with van der Waals surface area (Å²) >= 11 is 0. The molecule has 0 N–H and O–H groups in total. The zero-order valence-corrected chi connectivity index (χ0v) is 14.8. The van der Waals surface area contributed by atoms with Crippen molar-refractivity contribution in [2.75, 3.05) is 27.9 Å². The molecule has 25 heavy (non-hydrogen) atoms. The van der Waals surface area contributed by atoms with Gasteiger partial charge in [-0.25, -0.2) is 0 Å². The van der Waals surface area contributed by atoms with E-state index >= 15 is 0 Å². The Bertz CT molecular complexity index is 759. The van der Waals surface area contributed by atoms with Crippen LogP contribution in [-0.2, 0) is 0 Å². The number of ether oxygens (including phenoxy) is 3. The maximum Gasteiger partial charge on any atom is 0.258 e. The molecular formula is C20H23NO4. The Hall–Kier alpha value is -2.69. The van der Waals surface area contributed by atoms with Crippen LogP contribution in [0.15, 0.2) is 42.5 Å². The van der Waals surface area contributed by atoms with Gasteiger partial charge in [-0.2, -0.15) is 0 Å². The molecule has 5 nitrogen and oxygen atoms in total. The van der Waals surface area contributed by atoms with Gasteiger partial charge in [-0.15, -0.1) is 0 Å². The molecular weight excluding hydrogens is 318 g/mol. The molecule has 0 saturated carbocycles. The fourth-order valence-corrected chi connectivity index (χ4v) is 3.39. The van der Waals surface area contributed by atoms with Gasteiger partial charge in [-0.3, -0.25) is 4.79 Å². The van der Waals surface area contributed by atoms with Crippen LogP contribution in [0, 0.1) is 0 Å². The predicted molar refractivity (Wildman–Crippen MR) is 95.6 cm³/mol. The molecule has 1 aliphatic rings. The first kappa shape index (κ1) is 17.1. The number of hydrogen-bond acceptors (Lipinski definition) is 4. The van der Waals surface area contributed by atoms with Crippen molar-refractivity contribution in [1.29, 1.82) is 0 Å². The Morgan fingerprint density at radius 3 is 2.40 bits per heavy atom. The molecule has 3 rings (SSSR count). The first-order valence-electron chi connectivity index (χ1n) is 8.35. The Balaban J connectivity index is 1.91. The van der Waals surface area contributed by atoms with E-state index in [1.807, 2.05) is 47.4 Å². The van der Waals surface area contributed by atoms with Crippen LogP contribution in [0.3, 0.4) is 0 Å². The normalized spacial score (nSPS) is 16.6. The molecule has 1 aliphatic heterocycles. The Labute approximate surface area is 148 Å². The van der Waals surface area contributed by atoms with Crippen LogP contribution in [0.5, 0.6) is 17.2 Å². The monoisotopic (exact) mass is 341 g/mol. The van der Waals surface area contributed by atoms with Crippen LogP contribution in [0.1, 0.15) is 34.8 Å². The first-order chi connectivity index (χ1) is 12.2. The lowest BCUT2D eigenvalue weighted by molar-refractivity contribution is 0.0732. The minimum absolute atomic E-state index is 0.00488. The average molecular weight is 341 g/mol. The van der Waals surface area contributed by atoms with Crippen LogP contribution < -0.4 is 14.2 Å². The first-order valence-corrected chi connectivity index (χ1v) is 8.35. The van der Waals surface area contributed by atoms with E-state index in [0.29, 0.717) is 22.8 Å². The van der Waals surface area contributed by atoms with Crippen molar-refractivity contribution in [3.05, 3.63) is 53.6 Å². The van der Waals surface area contributed by atoms with Gasteiger partial charge in [0.05, 0.1) is 32.9 Å². The van der Waals surface area contributed by atoms with Gasteiger partial charge in [0.1, 0.15) is 5.75 Å². The molecule has 0 unspecified atom stereocenters. The van der Waals surface area contributed by atoms with Crippen molar-refractivity contribution in [3.63, 3.8) is 0 Å². The quantitative estimate of drug-likeness (QED) is 0.832. The molecule has 1 fully saturated rings. The van der Waals surface area contributed by atoms with Gasteiger partial charge >= 0.3 is 0 Å². The molecule has 5 heteroatoms. The van der Waals surface area contributed by atoms with Crippen molar-refractivity contribution in [1.82, 2.24) is 4.90 Å². The maximum atomic E-state index is 13.1. The van der Waals surface area contributed by atoms with Crippen LogP contribution in [0.25, 0.3) is 0 Å². The molecule has 0 bridgehead atoms. The number of carbonyl (C=O) groups is 1. The second kappa shape index (κ2) is 7.47. The summed E-state index contributed by atoms with van der Waals surface area (Å²) in [6.45, 7) is 0.732. The zero-order valence-electron chi connectivity index (χ0n) is 14.8. The standard InChI is InChI=1S/C20H23NO4/c1-23-17-9-5-4-7-15(17)20(22)21-12-6-8-16(21)14-10-11-18(24-2)19(13-14)25-3/h4-5,7,9-11,13,16H,6,8,12H2,1-3H3/t16-/m0/s1. The molecule has 0 radical (unpaired) electrons. The Morgan fingerprint density at radius 2 is 1.68 bits per heavy atom. The Morgan fingerprint density at radius 1 is 0.960 bits per heavy atom. The fraction of sp³-hybridized carbons (Fsp3) is 0.350. The molecule has 1 atom stereocenters. The fourth-order valence-electron chi connectivity index (χ4n) is 3.39. The number of likely N-dealkylation sites (tertiary alicyclic amines) is 1. The highest BCUT2D eigenvalue weighted by Crippen LogP contribution is 2.38. The van der Waals surface area contributed by atoms with Crippen molar-refractivity contribution in [2.24, 2.45) is 0 Å². The second-order valence-electron chi connectivity index (χ2n) is 5.97. The third-order valence-electron chi connectivity index (χ3n) is 4.64. The summed E-state index contributed by atoms with van der Waals surface area (Å²) in [4.78, 5) is 15.0. The van der Waals surface area contributed by atoms with Crippen molar-refractivity contribution in [2.45, 2.75) is 18.9 Å².